The summed E-state index contributed by atoms with van der Waals surface area (Å²) in [5.41, 5.74) is 1.82. The minimum absolute atomic E-state index is 0.656. The lowest BCUT2D eigenvalue weighted by molar-refractivity contribution is 0.913. The molecule has 2 aromatic heterocycles. The summed E-state index contributed by atoms with van der Waals surface area (Å²) in [5, 5.41) is 4.21. The molecule has 56 valence electrons. The average Bonchev–Trinajstić information content (AvgIpc) is 2.46. The molecule has 0 atom stereocenters. The van der Waals surface area contributed by atoms with Crippen LogP contribution < -0.4 is 0 Å². The highest BCUT2D eigenvalue weighted by molar-refractivity contribution is 7.79. The molecule has 0 aliphatic heterocycles. The van der Waals surface area contributed by atoms with Crippen molar-refractivity contribution in [1.82, 2.24) is 14.6 Å². The van der Waals surface area contributed by atoms with E-state index < -0.39 is 0 Å². The Bertz CT molecular complexity index is 335. The number of fused-ring (bicyclic) bond motifs is 1. The van der Waals surface area contributed by atoms with Gasteiger partial charge >= 0.3 is 0 Å². The zero-order valence-corrected chi connectivity index (χ0v) is 6.70. The Labute approximate surface area is 69.5 Å². The monoisotopic (exact) mass is 165 g/mol. The van der Waals surface area contributed by atoms with Crippen LogP contribution in [0.2, 0.25) is 0 Å². The maximum atomic E-state index is 4.21. The summed E-state index contributed by atoms with van der Waals surface area (Å²) in [7, 11) is 0. The fourth-order valence-electron chi connectivity index (χ4n) is 0.956. The van der Waals surface area contributed by atoms with E-state index in [0.29, 0.717) is 5.75 Å². The molecule has 2 rings (SSSR count). The van der Waals surface area contributed by atoms with E-state index in [9.17, 15) is 0 Å². The number of hydrogen-bond donors (Lipinski definition) is 1. The predicted molar refractivity (Wildman–Crippen MR) is 45.7 cm³/mol. The fourth-order valence-corrected chi connectivity index (χ4v) is 1.11. The van der Waals surface area contributed by atoms with E-state index >= 15 is 0 Å². The Hall–Kier alpha value is -1.03. The van der Waals surface area contributed by atoms with Gasteiger partial charge < -0.3 is 0 Å². The normalized spacial score (nSPS) is 10.6. The molecule has 0 spiro atoms. The van der Waals surface area contributed by atoms with Crippen LogP contribution in [0.15, 0.2) is 24.5 Å². The highest BCUT2D eigenvalue weighted by atomic mass is 32.1. The van der Waals surface area contributed by atoms with Crippen LogP contribution in [-0.2, 0) is 5.75 Å². The Kier molecular flexibility index (Phi) is 1.54. The molecule has 2 heterocycles. The fraction of sp³-hybridized carbons (Fsp3) is 0.143. The zero-order valence-electron chi connectivity index (χ0n) is 5.81. The van der Waals surface area contributed by atoms with E-state index in [1.807, 2.05) is 18.3 Å². The first-order valence-corrected chi connectivity index (χ1v) is 3.93. The largest absolute Gasteiger partial charge is 0.237 e. The molecule has 4 heteroatoms. The van der Waals surface area contributed by atoms with Crippen molar-refractivity contribution in [3.63, 3.8) is 0 Å². The Morgan fingerprint density at radius 2 is 2.45 bits per heavy atom. The minimum Gasteiger partial charge on any atom is -0.237 e. The molecule has 3 nitrogen and oxygen atoms in total. The number of aromatic nitrogens is 3. The van der Waals surface area contributed by atoms with Crippen molar-refractivity contribution in [2.45, 2.75) is 5.75 Å². The molecule has 0 aliphatic rings. The van der Waals surface area contributed by atoms with Gasteiger partial charge in [-0.25, -0.2) is 9.50 Å². The van der Waals surface area contributed by atoms with Gasteiger partial charge in [0.05, 0.1) is 5.69 Å². The topological polar surface area (TPSA) is 30.2 Å². The summed E-state index contributed by atoms with van der Waals surface area (Å²) in [5.74, 6) is 0.656. The highest BCUT2D eigenvalue weighted by Crippen LogP contribution is 2.04. The molecule has 0 bridgehead atoms. The third-order valence-corrected chi connectivity index (χ3v) is 1.77. The lowest BCUT2D eigenvalue weighted by Crippen LogP contribution is -1.87. The molecule has 0 fully saturated rings. The van der Waals surface area contributed by atoms with E-state index in [2.05, 4.69) is 22.7 Å². The molecule has 0 radical (unpaired) electrons. The average molecular weight is 165 g/mol. The number of hydrogen-bond acceptors (Lipinski definition) is 3. The van der Waals surface area contributed by atoms with Gasteiger partial charge in [-0.3, -0.25) is 0 Å². The predicted octanol–water partition coefficient (Wildman–Crippen LogP) is 1.16. The first-order chi connectivity index (χ1) is 5.40. The maximum absolute atomic E-state index is 4.21. The lowest BCUT2D eigenvalue weighted by atomic mass is 10.5. The SMILES string of the molecule is SCc1cc2ncccn2n1. The molecular formula is C7H7N3S. The van der Waals surface area contributed by atoms with Crippen molar-refractivity contribution >= 4 is 18.3 Å². The molecule has 2 aromatic rings. The summed E-state index contributed by atoms with van der Waals surface area (Å²) >= 11 is 4.12. The van der Waals surface area contributed by atoms with Crippen LogP contribution in [0.25, 0.3) is 5.65 Å². The van der Waals surface area contributed by atoms with Gasteiger partial charge in [-0.05, 0) is 6.07 Å². The molecule has 0 amide bonds. The van der Waals surface area contributed by atoms with Crippen LogP contribution in [0.4, 0.5) is 0 Å². The minimum atomic E-state index is 0.656. The van der Waals surface area contributed by atoms with Crippen molar-refractivity contribution in [3.05, 3.63) is 30.2 Å². The zero-order chi connectivity index (χ0) is 7.68. The van der Waals surface area contributed by atoms with Crippen molar-refractivity contribution < 1.29 is 0 Å². The smallest absolute Gasteiger partial charge is 0.155 e. The number of rotatable bonds is 1. The summed E-state index contributed by atoms with van der Waals surface area (Å²) < 4.78 is 1.74. The summed E-state index contributed by atoms with van der Waals surface area (Å²) in [6.45, 7) is 0. The van der Waals surface area contributed by atoms with Crippen LogP contribution in [0.3, 0.4) is 0 Å². The molecule has 0 aromatic carbocycles. The Balaban J connectivity index is 2.69. The van der Waals surface area contributed by atoms with Crippen LogP contribution in [0.1, 0.15) is 5.69 Å². The van der Waals surface area contributed by atoms with Gasteiger partial charge in [0.1, 0.15) is 0 Å². The second-order valence-corrected chi connectivity index (χ2v) is 2.53. The highest BCUT2D eigenvalue weighted by Gasteiger charge is 1.97. The third kappa shape index (κ3) is 1.09. The van der Waals surface area contributed by atoms with Gasteiger partial charge in [0, 0.05) is 24.2 Å². The molecular weight excluding hydrogens is 158 g/mol. The summed E-state index contributed by atoms with van der Waals surface area (Å²) in [6.07, 6.45) is 3.62. The van der Waals surface area contributed by atoms with Crippen molar-refractivity contribution in [3.8, 4) is 0 Å². The lowest BCUT2D eigenvalue weighted by Gasteiger charge is -1.86. The van der Waals surface area contributed by atoms with Gasteiger partial charge in [-0.2, -0.15) is 17.7 Å². The maximum Gasteiger partial charge on any atom is 0.155 e. The van der Waals surface area contributed by atoms with Crippen LogP contribution in [-0.4, -0.2) is 14.6 Å². The van der Waals surface area contributed by atoms with E-state index in [0.717, 1.165) is 11.3 Å². The van der Waals surface area contributed by atoms with Crippen LogP contribution in [0.5, 0.6) is 0 Å². The first kappa shape index (κ1) is 6.67. The molecule has 0 N–H and O–H groups in total. The summed E-state index contributed by atoms with van der Waals surface area (Å²) in [4.78, 5) is 4.12. The standard InChI is InChI=1S/C7H7N3S/c11-5-6-4-7-8-2-1-3-10(7)9-6/h1-4,11H,5H2. The molecule has 11 heavy (non-hydrogen) atoms. The number of nitrogens with zero attached hydrogens (tertiary/aromatic N) is 3. The second kappa shape index (κ2) is 2.54. The van der Waals surface area contributed by atoms with Gasteiger partial charge in [-0.1, -0.05) is 0 Å². The van der Waals surface area contributed by atoms with Crippen molar-refractivity contribution in [1.29, 1.82) is 0 Å². The molecule has 0 aliphatic carbocycles. The summed E-state index contributed by atoms with van der Waals surface area (Å²) in [6, 6.07) is 3.77. The van der Waals surface area contributed by atoms with Gasteiger partial charge in [0.15, 0.2) is 5.65 Å². The first-order valence-electron chi connectivity index (χ1n) is 3.30. The Morgan fingerprint density at radius 3 is 3.18 bits per heavy atom. The van der Waals surface area contributed by atoms with Crippen LogP contribution in [0, 0.1) is 0 Å². The van der Waals surface area contributed by atoms with Gasteiger partial charge in [0.25, 0.3) is 0 Å². The van der Waals surface area contributed by atoms with E-state index in [1.165, 1.54) is 0 Å². The van der Waals surface area contributed by atoms with Crippen LogP contribution >= 0.6 is 12.6 Å². The molecule has 0 unspecified atom stereocenters. The quantitative estimate of drug-likeness (QED) is 0.643. The van der Waals surface area contributed by atoms with E-state index in [4.69, 9.17) is 0 Å². The third-order valence-electron chi connectivity index (χ3n) is 1.45. The molecule has 0 saturated carbocycles. The number of thiol groups is 1. The Morgan fingerprint density at radius 1 is 1.55 bits per heavy atom. The van der Waals surface area contributed by atoms with Crippen molar-refractivity contribution in [2.24, 2.45) is 0 Å². The second-order valence-electron chi connectivity index (χ2n) is 2.22. The van der Waals surface area contributed by atoms with E-state index in [1.54, 1.807) is 10.7 Å². The van der Waals surface area contributed by atoms with Gasteiger partial charge in [-0.15, -0.1) is 0 Å². The van der Waals surface area contributed by atoms with Crippen molar-refractivity contribution in [2.75, 3.05) is 0 Å². The van der Waals surface area contributed by atoms with Gasteiger partial charge in [0.2, 0.25) is 0 Å². The van der Waals surface area contributed by atoms with E-state index in [-0.39, 0.29) is 0 Å². The molecule has 0 saturated heterocycles.